The van der Waals surface area contributed by atoms with E-state index in [1.165, 1.54) is 0 Å². The monoisotopic (exact) mass is 205 g/mol. The fourth-order valence-corrected chi connectivity index (χ4v) is 4.72. The molecule has 1 saturated heterocycles. The molecule has 0 spiro atoms. The van der Waals surface area contributed by atoms with Gasteiger partial charge >= 0.3 is 0 Å². The lowest BCUT2D eigenvalue weighted by molar-refractivity contribution is -0.311. The largest absolute Gasteiger partial charge is 0.550 e. The number of hydrogen-bond acceptors (Lipinski definition) is 4. The SMILES string of the molecule is CCC(C(=O)[O-])C1(C)SCCS1. The zero-order valence-electron chi connectivity index (χ0n) is 7.33. The molecule has 0 radical (unpaired) electrons. The second kappa shape index (κ2) is 3.92. The van der Waals surface area contributed by atoms with Crippen molar-refractivity contribution in [2.75, 3.05) is 11.5 Å². The second-order valence-corrected chi connectivity index (χ2v) is 6.34. The zero-order valence-corrected chi connectivity index (χ0v) is 8.96. The molecule has 4 heteroatoms. The first kappa shape index (κ1) is 10.3. The molecule has 0 aromatic rings. The number of carboxylic acids is 1. The lowest BCUT2D eigenvalue weighted by Gasteiger charge is -2.32. The molecule has 0 bridgehead atoms. The van der Waals surface area contributed by atoms with Gasteiger partial charge in [0.25, 0.3) is 0 Å². The second-order valence-electron chi connectivity index (χ2n) is 2.99. The maximum Gasteiger partial charge on any atom is 0.0663 e. The molecular formula is C8H13O2S2-. The van der Waals surface area contributed by atoms with Gasteiger partial charge in [0.15, 0.2) is 0 Å². The predicted molar refractivity (Wildman–Crippen MR) is 52.1 cm³/mol. The summed E-state index contributed by atoms with van der Waals surface area (Å²) in [7, 11) is 0. The summed E-state index contributed by atoms with van der Waals surface area (Å²) in [5.74, 6) is 0.910. The van der Waals surface area contributed by atoms with Gasteiger partial charge in [-0.15, -0.1) is 23.5 Å². The minimum absolute atomic E-state index is 0.145. The molecule has 12 heavy (non-hydrogen) atoms. The summed E-state index contributed by atoms with van der Waals surface area (Å²) in [6, 6.07) is 0. The first-order valence-corrected chi connectivity index (χ1v) is 6.06. The molecule has 1 aliphatic rings. The smallest absolute Gasteiger partial charge is 0.0663 e. The van der Waals surface area contributed by atoms with E-state index < -0.39 is 5.97 Å². The minimum Gasteiger partial charge on any atom is -0.550 e. The summed E-state index contributed by atoms with van der Waals surface area (Å²) in [5.41, 5.74) is 0. The van der Waals surface area contributed by atoms with Gasteiger partial charge in [0.2, 0.25) is 0 Å². The van der Waals surface area contributed by atoms with E-state index in [2.05, 4.69) is 0 Å². The van der Waals surface area contributed by atoms with Crippen LogP contribution in [0.2, 0.25) is 0 Å². The van der Waals surface area contributed by atoms with Gasteiger partial charge in [0.05, 0.1) is 4.08 Å². The molecule has 0 aromatic carbocycles. The van der Waals surface area contributed by atoms with Crippen LogP contribution in [0.1, 0.15) is 20.3 Å². The molecule has 2 nitrogen and oxygen atoms in total. The van der Waals surface area contributed by atoms with Crippen LogP contribution in [0.15, 0.2) is 0 Å². The standard InChI is InChI=1S/C8H14O2S2/c1-3-6(7(9)10)8(2)11-4-5-12-8/h6H,3-5H2,1-2H3,(H,9,10)/p-1. The normalized spacial score (nSPS) is 23.8. The van der Waals surface area contributed by atoms with Gasteiger partial charge in [0.1, 0.15) is 0 Å². The molecule has 1 fully saturated rings. The van der Waals surface area contributed by atoms with Crippen molar-refractivity contribution in [3.8, 4) is 0 Å². The van der Waals surface area contributed by atoms with E-state index in [1.807, 2.05) is 13.8 Å². The third-order valence-electron chi connectivity index (χ3n) is 2.19. The van der Waals surface area contributed by atoms with Crippen molar-refractivity contribution >= 4 is 29.5 Å². The van der Waals surface area contributed by atoms with E-state index in [1.54, 1.807) is 23.5 Å². The Labute approximate surface area is 81.5 Å². The van der Waals surface area contributed by atoms with Crippen molar-refractivity contribution in [2.45, 2.75) is 24.3 Å². The Bertz CT molecular complexity index is 176. The summed E-state index contributed by atoms with van der Waals surface area (Å²) >= 11 is 3.50. The topological polar surface area (TPSA) is 40.1 Å². The third-order valence-corrected chi connectivity index (χ3v) is 5.68. The first-order valence-electron chi connectivity index (χ1n) is 4.09. The highest BCUT2D eigenvalue weighted by atomic mass is 32.2. The van der Waals surface area contributed by atoms with Gasteiger partial charge < -0.3 is 9.90 Å². The molecule has 1 rings (SSSR count). The highest BCUT2D eigenvalue weighted by Crippen LogP contribution is 2.49. The Kier molecular flexibility index (Phi) is 3.35. The van der Waals surface area contributed by atoms with Crippen LogP contribution in [-0.4, -0.2) is 21.6 Å². The molecule has 0 aromatic heterocycles. The van der Waals surface area contributed by atoms with Crippen LogP contribution in [0.5, 0.6) is 0 Å². The van der Waals surface area contributed by atoms with Gasteiger partial charge in [-0.3, -0.25) is 0 Å². The van der Waals surface area contributed by atoms with Gasteiger partial charge in [0, 0.05) is 23.4 Å². The van der Waals surface area contributed by atoms with Crippen molar-refractivity contribution in [3.63, 3.8) is 0 Å². The summed E-state index contributed by atoms with van der Waals surface area (Å²) in [5, 5.41) is 10.8. The van der Waals surface area contributed by atoms with Crippen LogP contribution in [0.4, 0.5) is 0 Å². The van der Waals surface area contributed by atoms with Gasteiger partial charge in [-0.2, -0.15) is 0 Å². The molecule has 1 unspecified atom stereocenters. The number of aliphatic carboxylic acids is 1. The fourth-order valence-electron chi connectivity index (χ4n) is 1.48. The Morgan fingerprint density at radius 3 is 2.42 bits per heavy atom. The number of carboxylic acid groups (broad SMARTS) is 1. The molecule has 0 aliphatic carbocycles. The average molecular weight is 205 g/mol. The molecule has 1 heterocycles. The van der Waals surface area contributed by atoms with Crippen LogP contribution in [0, 0.1) is 5.92 Å². The minimum atomic E-state index is -0.901. The van der Waals surface area contributed by atoms with Crippen molar-refractivity contribution in [1.82, 2.24) is 0 Å². The molecule has 0 N–H and O–H groups in total. The number of rotatable bonds is 3. The Balaban J connectivity index is 2.69. The molecule has 0 saturated carbocycles. The molecular weight excluding hydrogens is 192 g/mol. The number of carbonyl (C=O) groups is 1. The van der Waals surface area contributed by atoms with E-state index in [4.69, 9.17) is 0 Å². The van der Waals surface area contributed by atoms with Gasteiger partial charge in [-0.1, -0.05) is 6.92 Å². The summed E-state index contributed by atoms with van der Waals surface area (Å²) < 4.78 is -0.145. The Morgan fingerprint density at radius 2 is 2.08 bits per heavy atom. The molecule has 70 valence electrons. The zero-order chi connectivity index (χ0) is 9.19. The highest BCUT2D eigenvalue weighted by Gasteiger charge is 2.38. The van der Waals surface area contributed by atoms with E-state index in [-0.39, 0.29) is 10.00 Å². The predicted octanol–water partition coefficient (Wildman–Crippen LogP) is 0.959. The summed E-state index contributed by atoms with van der Waals surface area (Å²) in [6.45, 7) is 3.92. The number of thioether (sulfide) groups is 2. The molecule has 0 amide bonds. The Morgan fingerprint density at radius 1 is 1.58 bits per heavy atom. The van der Waals surface area contributed by atoms with Crippen molar-refractivity contribution in [1.29, 1.82) is 0 Å². The maximum atomic E-state index is 10.8. The molecule has 1 atom stereocenters. The van der Waals surface area contributed by atoms with E-state index >= 15 is 0 Å². The van der Waals surface area contributed by atoms with Crippen LogP contribution in [0.3, 0.4) is 0 Å². The van der Waals surface area contributed by atoms with Crippen LogP contribution < -0.4 is 5.11 Å². The van der Waals surface area contributed by atoms with E-state index in [0.29, 0.717) is 6.42 Å². The highest BCUT2D eigenvalue weighted by molar-refractivity contribution is 8.21. The molecule has 1 aliphatic heterocycles. The number of carbonyl (C=O) groups excluding carboxylic acids is 1. The van der Waals surface area contributed by atoms with Crippen LogP contribution >= 0.6 is 23.5 Å². The van der Waals surface area contributed by atoms with E-state index in [9.17, 15) is 9.90 Å². The summed E-state index contributed by atoms with van der Waals surface area (Å²) in [4.78, 5) is 10.8. The first-order chi connectivity index (χ1) is 5.60. The quantitative estimate of drug-likeness (QED) is 0.688. The number of hydrogen-bond donors (Lipinski definition) is 0. The van der Waals surface area contributed by atoms with Gasteiger partial charge in [-0.05, 0) is 13.3 Å². The maximum absolute atomic E-state index is 10.8. The van der Waals surface area contributed by atoms with Crippen molar-refractivity contribution in [3.05, 3.63) is 0 Å². The van der Waals surface area contributed by atoms with Crippen LogP contribution in [-0.2, 0) is 4.79 Å². The fraction of sp³-hybridized carbons (Fsp3) is 0.875. The van der Waals surface area contributed by atoms with Crippen molar-refractivity contribution in [2.24, 2.45) is 5.92 Å². The average Bonchev–Trinajstić information content (AvgIpc) is 2.37. The lowest BCUT2D eigenvalue weighted by atomic mass is 10.0. The van der Waals surface area contributed by atoms with E-state index in [0.717, 1.165) is 11.5 Å². The third kappa shape index (κ3) is 1.91. The summed E-state index contributed by atoms with van der Waals surface area (Å²) in [6.07, 6.45) is 0.666. The van der Waals surface area contributed by atoms with Gasteiger partial charge in [-0.25, -0.2) is 0 Å². The Hall–Kier alpha value is 0.170. The lowest BCUT2D eigenvalue weighted by Crippen LogP contribution is -2.41. The van der Waals surface area contributed by atoms with Crippen LogP contribution in [0.25, 0.3) is 0 Å². The van der Waals surface area contributed by atoms with Crippen molar-refractivity contribution < 1.29 is 9.90 Å².